The Morgan fingerprint density at radius 2 is 1.94 bits per heavy atom. The van der Waals surface area contributed by atoms with Crippen LogP contribution in [0.4, 0.5) is 5.69 Å². The number of nitrogens with one attached hydrogen (secondary N) is 2. The molecule has 164 valence electrons. The van der Waals surface area contributed by atoms with Crippen molar-refractivity contribution in [2.45, 2.75) is 32.3 Å². The molecular weight excluding hydrogens is 418 g/mol. The third kappa shape index (κ3) is 7.59. The maximum atomic E-state index is 12.4. The minimum absolute atomic E-state index is 0.143. The van der Waals surface area contributed by atoms with Gasteiger partial charge in [0.05, 0.1) is 11.2 Å². The first-order valence-electron chi connectivity index (χ1n) is 9.88. The fraction of sp³-hybridized carbons (Fsp3) is 0.286. The number of hydrogen-bond donors (Lipinski definition) is 3. The highest BCUT2D eigenvalue weighted by Gasteiger charge is 2.10. The Hall–Kier alpha value is -3.08. The molecule has 4 N–H and O–H groups in total. The smallest absolute Gasteiger partial charge is 0.274 e. The van der Waals surface area contributed by atoms with E-state index in [4.69, 9.17) is 9.88 Å². The zero-order valence-electron chi connectivity index (χ0n) is 17.0. The van der Waals surface area contributed by atoms with Gasteiger partial charge in [-0.05, 0) is 31.0 Å². The van der Waals surface area contributed by atoms with Crippen LogP contribution in [0.2, 0.25) is 0 Å². The van der Waals surface area contributed by atoms with Gasteiger partial charge in [-0.3, -0.25) is 14.8 Å². The molecular formula is C21H25N5O4S. The molecule has 0 bridgehead atoms. The summed E-state index contributed by atoms with van der Waals surface area (Å²) >= 11 is 0. The van der Waals surface area contributed by atoms with E-state index in [-0.39, 0.29) is 12.5 Å². The van der Waals surface area contributed by atoms with E-state index in [0.717, 1.165) is 10.9 Å². The Labute approximate surface area is 181 Å². The van der Waals surface area contributed by atoms with Crippen molar-refractivity contribution in [1.29, 1.82) is 0 Å². The SMILES string of the molecule is NS(=O)(=O)NCCCCCC(=O)Nc1cc(OCc2cccnc2)cc2cccnc12. The van der Waals surface area contributed by atoms with Gasteiger partial charge in [-0.15, -0.1) is 0 Å². The standard InChI is InChI=1S/C21H25N5O4S/c22-31(28,29)25-11-3-1-2-8-20(27)26-19-13-18(12-17-7-5-10-24-21(17)19)30-15-16-6-4-9-23-14-16/h4-7,9-10,12-14,25H,1-3,8,11,15H2,(H,26,27)(H2,22,28,29). The number of amides is 1. The van der Waals surface area contributed by atoms with E-state index < -0.39 is 10.2 Å². The Balaban J connectivity index is 1.59. The second kappa shape index (κ2) is 10.8. The fourth-order valence-corrected chi connectivity index (χ4v) is 3.44. The van der Waals surface area contributed by atoms with Crippen molar-refractivity contribution >= 4 is 32.7 Å². The van der Waals surface area contributed by atoms with E-state index in [1.165, 1.54) is 0 Å². The predicted molar refractivity (Wildman–Crippen MR) is 119 cm³/mol. The number of fused-ring (bicyclic) bond motifs is 1. The molecule has 10 heteroatoms. The Kier molecular flexibility index (Phi) is 7.88. The molecule has 1 amide bonds. The highest BCUT2D eigenvalue weighted by atomic mass is 32.2. The zero-order valence-corrected chi connectivity index (χ0v) is 17.8. The first-order chi connectivity index (χ1) is 14.9. The van der Waals surface area contributed by atoms with E-state index in [2.05, 4.69) is 20.0 Å². The topological polar surface area (TPSA) is 136 Å². The average Bonchev–Trinajstić information content (AvgIpc) is 2.75. The summed E-state index contributed by atoms with van der Waals surface area (Å²) in [7, 11) is -3.67. The zero-order chi connectivity index (χ0) is 22.1. The van der Waals surface area contributed by atoms with Crippen LogP contribution in [-0.4, -0.2) is 30.8 Å². The Morgan fingerprint density at radius 1 is 1.10 bits per heavy atom. The number of pyridine rings is 2. The molecule has 0 saturated heterocycles. The second-order valence-corrected chi connectivity index (χ2v) is 8.37. The van der Waals surface area contributed by atoms with Crippen LogP contribution in [0.15, 0.2) is 55.0 Å². The van der Waals surface area contributed by atoms with Crippen LogP contribution in [0, 0.1) is 0 Å². The van der Waals surface area contributed by atoms with Gasteiger partial charge >= 0.3 is 0 Å². The van der Waals surface area contributed by atoms with Crippen LogP contribution >= 0.6 is 0 Å². The maximum Gasteiger partial charge on any atom is 0.274 e. The van der Waals surface area contributed by atoms with Crippen LogP contribution in [0.25, 0.3) is 10.9 Å². The number of ether oxygens (including phenoxy) is 1. The van der Waals surface area contributed by atoms with Gasteiger partial charge in [-0.2, -0.15) is 8.42 Å². The van der Waals surface area contributed by atoms with Gasteiger partial charge in [0.2, 0.25) is 5.91 Å². The molecule has 3 rings (SSSR count). The summed E-state index contributed by atoms with van der Waals surface area (Å²) in [5.41, 5.74) is 2.21. The molecule has 1 aromatic carbocycles. The number of carbonyl (C=O) groups excluding carboxylic acids is 1. The number of carbonyl (C=O) groups is 1. The first-order valence-corrected chi connectivity index (χ1v) is 11.4. The molecule has 0 fully saturated rings. The molecule has 2 aromatic heterocycles. The molecule has 2 heterocycles. The highest BCUT2D eigenvalue weighted by Crippen LogP contribution is 2.28. The number of aromatic nitrogens is 2. The van der Waals surface area contributed by atoms with E-state index in [1.807, 2.05) is 30.3 Å². The van der Waals surface area contributed by atoms with Crippen molar-refractivity contribution in [3.63, 3.8) is 0 Å². The third-order valence-electron chi connectivity index (χ3n) is 4.46. The molecule has 0 aliphatic heterocycles. The summed E-state index contributed by atoms with van der Waals surface area (Å²) in [6, 6.07) is 11.2. The van der Waals surface area contributed by atoms with Crippen LogP contribution in [-0.2, 0) is 21.6 Å². The van der Waals surface area contributed by atoms with Crippen molar-refractivity contribution in [3.05, 3.63) is 60.6 Å². The number of nitrogens with zero attached hydrogens (tertiary/aromatic N) is 2. The number of anilines is 1. The summed E-state index contributed by atoms with van der Waals surface area (Å²) < 4.78 is 29.8. The Morgan fingerprint density at radius 3 is 2.71 bits per heavy atom. The van der Waals surface area contributed by atoms with Crippen molar-refractivity contribution in [3.8, 4) is 5.75 Å². The normalized spacial score (nSPS) is 11.4. The monoisotopic (exact) mass is 443 g/mol. The van der Waals surface area contributed by atoms with E-state index in [0.29, 0.717) is 49.2 Å². The molecule has 0 spiro atoms. The van der Waals surface area contributed by atoms with E-state index in [1.54, 1.807) is 24.7 Å². The quantitative estimate of drug-likeness (QED) is 0.390. The first kappa shape index (κ1) is 22.6. The molecule has 0 unspecified atom stereocenters. The predicted octanol–water partition coefficient (Wildman–Crippen LogP) is 2.50. The molecule has 0 radical (unpaired) electrons. The van der Waals surface area contributed by atoms with Crippen LogP contribution in [0.3, 0.4) is 0 Å². The summed E-state index contributed by atoms with van der Waals surface area (Å²) in [6.07, 6.45) is 7.35. The minimum Gasteiger partial charge on any atom is -0.489 e. The lowest BCUT2D eigenvalue weighted by Gasteiger charge is -2.12. The van der Waals surface area contributed by atoms with Gasteiger partial charge in [0, 0.05) is 48.6 Å². The van der Waals surface area contributed by atoms with Gasteiger partial charge < -0.3 is 10.1 Å². The molecule has 3 aromatic rings. The summed E-state index contributed by atoms with van der Waals surface area (Å²) in [5, 5.41) is 8.64. The number of rotatable bonds is 11. The van der Waals surface area contributed by atoms with Gasteiger partial charge in [-0.25, -0.2) is 9.86 Å². The molecule has 0 aliphatic carbocycles. The largest absolute Gasteiger partial charge is 0.489 e. The molecule has 0 atom stereocenters. The summed E-state index contributed by atoms with van der Waals surface area (Å²) in [4.78, 5) is 20.9. The van der Waals surface area contributed by atoms with E-state index >= 15 is 0 Å². The number of hydrogen-bond acceptors (Lipinski definition) is 6. The van der Waals surface area contributed by atoms with E-state index in [9.17, 15) is 13.2 Å². The van der Waals surface area contributed by atoms with Gasteiger partial charge in [0.15, 0.2) is 0 Å². The molecule has 31 heavy (non-hydrogen) atoms. The molecule has 9 nitrogen and oxygen atoms in total. The molecule has 0 saturated carbocycles. The maximum absolute atomic E-state index is 12.4. The minimum atomic E-state index is -3.67. The summed E-state index contributed by atoms with van der Waals surface area (Å²) in [5.74, 6) is 0.476. The van der Waals surface area contributed by atoms with Gasteiger partial charge in [0.1, 0.15) is 12.4 Å². The lowest BCUT2D eigenvalue weighted by Crippen LogP contribution is -2.31. The Bertz CT molecular complexity index is 1120. The summed E-state index contributed by atoms with van der Waals surface area (Å²) in [6.45, 7) is 0.616. The van der Waals surface area contributed by atoms with Crippen LogP contribution < -0.4 is 19.9 Å². The van der Waals surface area contributed by atoms with Gasteiger partial charge in [-0.1, -0.05) is 18.6 Å². The highest BCUT2D eigenvalue weighted by molar-refractivity contribution is 7.87. The number of nitrogens with two attached hydrogens (primary N) is 1. The molecule has 0 aliphatic rings. The van der Waals surface area contributed by atoms with Crippen molar-refractivity contribution in [1.82, 2.24) is 14.7 Å². The fourth-order valence-electron chi connectivity index (χ4n) is 3.01. The number of unbranched alkanes of at least 4 members (excludes halogenated alkanes) is 2. The van der Waals surface area contributed by atoms with Crippen LogP contribution in [0.1, 0.15) is 31.2 Å². The van der Waals surface area contributed by atoms with Crippen LogP contribution in [0.5, 0.6) is 5.75 Å². The average molecular weight is 444 g/mol. The lowest BCUT2D eigenvalue weighted by molar-refractivity contribution is -0.116. The number of benzene rings is 1. The van der Waals surface area contributed by atoms with Gasteiger partial charge in [0.25, 0.3) is 10.2 Å². The van der Waals surface area contributed by atoms with Crippen molar-refractivity contribution in [2.75, 3.05) is 11.9 Å². The van der Waals surface area contributed by atoms with Crippen molar-refractivity contribution in [2.24, 2.45) is 5.14 Å². The lowest BCUT2D eigenvalue weighted by atomic mass is 10.1. The third-order valence-corrected chi connectivity index (χ3v) is 5.07. The second-order valence-electron chi connectivity index (χ2n) is 6.99. The van der Waals surface area contributed by atoms with Crippen molar-refractivity contribution < 1.29 is 17.9 Å².